The monoisotopic (exact) mass is 514 g/mol. The van der Waals surface area contributed by atoms with Gasteiger partial charge < -0.3 is 31.6 Å². The maximum Gasteiger partial charge on any atom is 0.305 e. The summed E-state index contributed by atoms with van der Waals surface area (Å²) < 4.78 is 24.9. The van der Waals surface area contributed by atoms with E-state index in [1.165, 1.54) is 0 Å². The van der Waals surface area contributed by atoms with E-state index < -0.39 is 18.6 Å². The minimum Gasteiger partial charge on any atom is -0.462 e. The number of nitrogens with zero attached hydrogens (tertiary/aromatic N) is 3. The van der Waals surface area contributed by atoms with Crippen LogP contribution in [0.1, 0.15) is 30.9 Å². The van der Waals surface area contributed by atoms with Gasteiger partial charge in [-0.2, -0.15) is 15.0 Å². The Morgan fingerprint density at radius 1 is 1.03 bits per heavy atom. The average Bonchev–Trinajstić information content (AvgIpc) is 3.29. The second-order valence-electron chi connectivity index (χ2n) is 8.23. The second kappa shape index (κ2) is 11.9. The van der Waals surface area contributed by atoms with E-state index in [0.29, 0.717) is 13.0 Å². The second-order valence-corrected chi connectivity index (χ2v) is 10.7. The molecule has 7 N–H and O–H groups in total. The van der Waals surface area contributed by atoms with Crippen LogP contribution in [0.3, 0.4) is 0 Å². The molecule has 1 aliphatic rings. The molecule has 3 aromatic rings. The Labute approximate surface area is 209 Å². The highest BCUT2D eigenvalue weighted by Gasteiger charge is 2.54. The highest BCUT2D eigenvalue weighted by Crippen LogP contribution is 2.60. The van der Waals surface area contributed by atoms with Crippen LogP contribution >= 0.6 is 7.37 Å². The molecule has 0 radical (unpaired) electrons. The van der Waals surface area contributed by atoms with E-state index in [4.69, 9.17) is 26.7 Å². The van der Waals surface area contributed by atoms with E-state index in [1.807, 2.05) is 60.7 Å². The highest BCUT2D eigenvalue weighted by atomic mass is 31.2. The molecule has 1 saturated heterocycles. The van der Waals surface area contributed by atoms with Gasteiger partial charge in [-0.15, -0.1) is 0 Å². The zero-order valence-corrected chi connectivity index (χ0v) is 20.9. The van der Waals surface area contributed by atoms with Crippen molar-refractivity contribution in [3.8, 4) is 0 Å². The Morgan fingerprint density at radius 2 is 1.56 bits per heavy atom. The van der Waals surface area contributed by atoms with E-state index >= 15 is 0 Å². The normalized spacial score (nSPS) is 20.6. The fraction of sp³-hybridized carbons (Fsp3) is 0.333. The lowest BCUT2D eigenvalue weighted by atomic mass is 9.91. The first-order valence-electron chi connectivity index (χ1n) is 11.4. The molecule has 3 unspecified atom stereocenters. The standard InChI is InChI=1S/C21H25O5P.C3H6N6/c1-2-20(22)25-16-21(18-11-7-4-8-12-18)19(13-14-26-21)27(23,24)15-17-9-5-3-6-10-17;4-1-7-2(5)9-3(6)8-1/h3-12,19H,2,13-16H2,1H3,(H,23,24);(H6,4,5,6,7,8,9). The number of esters is 1. The molecule has 1 aliphatic heterocycles. The van der Waals surface area contributed by atoms with Crippen LogP contribution in [0.2, 0.25) is 0 Å². The summed E-state index contributed by atoms with van der Waals surface area (Å²) in [4.78, 5) is 33.3. The number of ether oxygens (including phenoxy) is 2. The summed E-state index contributed by atoms with van der Waals surface area (Å²) in [6, 6.07) is 18.6. The molecule has 36 heavy (non-hydrogen) atoms. The molecule has 4 rings (SSSR count). The van der Waals surface area contributed by atoms with Gasteiger partial charge in [-0.3, -0.25) is 9.36 Å². The highest BCUT2D eigenvalue weighted by molar-refractivity contribution is 7.58. The fourth-order valence-corrected chi connectivity index (χ4v) is 6.51. The summed E-state index contributed by atoms with van der Waals surface area (Å²) in [7, 11) is -3.63. The van der Waals surface area contributed by atoms with Crippen molar-refractivity contribution in [2.75, 3.05) is 30.4 Å². The number of nitrogens with two attached hydrogens (primary N) is 3. The molecule has 0 spiro atoms. The van der Waals surface area contributed by atoms with E-state index in [0.717, 1.165) is 11.1 Å². The summed E-state index contributed by atoms with van der Waals surface area (Å²) >= 11 is 0. The third-order valence-electron chi connectivity index (χ3n) is 5.71. The van der Waals surface area contributed by atoms with Crippen LogP contribution in [-0.4, -0.2) is 44.7 Å². The van der Waals surface area contributed by atoms with Gasteiger partial charge in [0.1, 0.15) is 12.2 Å². The van der Waals surface area contributed by atoms with Gasteiger partial charge >= 0.3 is 5.97 Å². The largest absolute Gasteiger partial charge is 0.462 e. The molecule has 2 aromatic carbocycles. The number of hydrogen-bond acceptors (Lipinski definition) is 10. The Bertz CT molecular complexity index is 1150. The lowest BCUT2D eigenvalue weighted by Gasteiger charge is -2.36. The van der Waals surface area contributed by atoms with Crippen LogP contribution in [0.15, 0.2) is 60.7 Å². The van der Waals surface area contributed by atoms with Crippen LogP contribution in [0, 0.1) is 0 Å². The molecule has 2 heterocycles. The van der Waals surface area contributed by atoms with Crippen molar-refractivity contribution in [3.05, 3.63) is 71.8 Å². The van der Waals surface area contributed by atoms with E-state index in [1.54, 1.807) is 6.92 Å². The summed E-state index contributed by atoms with van der Waals surface area (Å²) in [5.74, 6) is -0.226. The molecule has 3 atom stereocenters. The van der Waals surface area contributed by atoms with E-state index in [9.17, 15) is 14.3 Å². The minimum atomic E-state index is -3.63. The fourth-order valence-electron chi connectivity index (χ4n) is 4.10. The zero-order valence-electron chi connectivity index (χ0n) is 20.0. The predicted octanol–water partition coefficient (Wildman–Crippen LogP) is 2.71. The van der Waals surface area contributed by atoms with Gasteiger partial charge in [0.05, 0.1) is 5.66 Å². The third-order valence-corrected chi connectivity index (χ3v) is 8.18. The van der Waals surface area contributed by atoms with Gasteiger partial charge in [-0.25, -0.2) is 0 Å². The van der Waals surface area contributed by atoms with Gasteiger partial charge in [0.2, 0.25) is 25.2 Å². The number of carbonyl (C=O) groups is 1. The quantitative estimate of drug-likeness (QED) is 0.268. The van der Waals surface area contributed by atoms with Crippen LogP contribution in [0.25, 0.3) is 0 Å². The van der Waals surface area contributed by atoms with Crippen molar-refractivity contribution in [2.24, 2.45) is 0 Å². The van der Waals surface area contributed by atoms with Crippen molar-refractivity contribution in [1.82, 2.24) is 15.0 Å². The Kier molecular flexibility index (Phi) is 8.98. The Balaban J connectivity index is 0.000000338. The van der Waals surface area contributed by atoms with Gasteiger partial charge in [-0.05, 0) is 17.5 Å². The molecule has 192 valence electrons. The van der Waals surface area contributed by atoms with Crippen molar-refractivity contribution < 1.29 is 23.7 Å². The lowest BCUT2D eigenvalue weighted by molar-refractivity contribution is -0.152. The summed E-state index contributed by atoms with van der Waals surface area (Å²) in [5.41, 5.74) is 15.2. The summed E-state index contributed by atoms with van der Waals surface area (Å²) in [5, 5.41) is 0. The summed E-state index contributed by atoms with van der Waals surface area (Å²) in [6.45, 7) is 2.01. The molecular weight excluding hydrogens is 483 g/mol. The first-order chi connectivity index (χ1) is 17.2. The molecule has 0 bridgehead atoms. The topological polar surface area (TPSA) is 190 Å². The Morgan fingerprint density at radius 3 is 2.08 bits per heavy atom. The number of benzene rings is 2. The average molecular weight is 515 g/mol. The van der Waals surface area contributed by atoms with Gasteiger partial charge in [-0.1, -0.05) is 67.6 Å². The van der Waals surface area contributed by atoms with Crippen LogP contribution in [0.5, 0.6) is 0 Å². The maximum absolute atomic E-state index is 13.4. The molecule has 1 fully saturated rings. The molecule has 1 aromatic heterocycles. The van der Waals surface area contributed by atoms with Crippen LogP contribution in [-0.2, 0) is 30.6 Å². The van der Waals surface area contributed by atoms with Gasteiger partial charge in [0.25, 0.3) is 0 Å². The molecule has 0 aliphatic carbocycles. The van der Waals surface area contributed by atoms with E-state index in [2.05, 4.69) is 15.0 Å². The first-order valence-corrected chi connectivity index (χ1v) is 13.3. The molecule has 11 nitrogen and oxygen atoms in total. The van der Waals surface area contributed by atoms with Gasteiger partial charge in [0.15, 0.2) is 0 Å². The van der Waals surface area contributed by atoms with Crippen molar-refractivity contribution in [3.63, 3.8) is 0 Å². The number of rotatable bonds is 7. The predicted molar refractivity (Wildman–Crippen MR) is 137 cm³/mol. The Hall–Kier alpha value is -3.53. The maximum atomic E-state index is 13.4. The number of carbonyl (C=O) groups excluding carboxylic acids is 1. The van der Waals surface area contributed by atoms with Crippen LogP contribution in [0.4, 0.5) is 17.8 Å². The number of aromatic nitrogens is 3. The molecule has 0 saturated carbocycles. The smallest absolute Gasteiger partial charge is 0.305 e. The van der Waals surface area contributed by atoms with Crippen LogP contribution < -0.4 is 17.2 Å². The summed E-state index contributed by atoms with van der Waals surface area (Å²) in [6.07, 6.45) is 0.758. The number of anilines is 3. The van der Waals surface area contributed by atoms with Crippen molar-refractivity contribution in [1.29, 1.82) is 0 Å². The van der Waals surface area contributed by atoms with Crippen molar-refractivity contribution >= 4 is 31.2 Å². The van der Waals surface area contributed by atoms with Gasteiger partial charge in [0, 0.05) is 19.2 Å². The first kappa shape index (κ1) is 27.1. The lowest BCUT2D eigenvalue weighted by Crippen LogP contribution is -2.42. The molecular formula is C24H31N6O5P. The molecule has 12 heteroatoms. The third kappa shape index (κ3) is 6.78. The zero-order chi connectivity index (χ0) is 26.2. The SMILES string of the molecule is CCC(=O)OCC1(c2ccccc2)OCCC1P(=O)(O)Cc1ccccc1.Nc1nc(N)nc(N)n1. The number of nitrogen functional groups attached to an aromatic ring is 3. The molecule has 0 amide bonds. The number of hydrogen-bond donors (Lipinski definition) is 4. The van der Waals surface area contributed by atoms with E-state index in [-0.39, 0.29) is 43.0 Å². The minimum absolute atomic E-state index is 0.0417. The van der Waals surface area contributed by atoms with Crippen molar-refractivity contribution in [2.45, 2.75) is 37.2 Å².